The summed E-state index contributed by atoms with van der Waals surface area (Å²) in [7, 11) is 0. The summed E-state index contributed by atoms with van der Waals surface area (Å²) in [5.74, 6) is -1.64. The van der Waals surface area contributed by atoms with Gasteiger partial charge in [0.05, 0.1) is 22.5 Å². The van der Waals surface area contributed by atoms with Gasteiger partial charge in [0.25, 0.3) is 5.56 Å². The zero-order valence-electron chi connectivity index (χ0n) is 13.5. The minimum atomic E-state index is -0.888. The van der Waals surface area contributed by atoms with E-state index in [0.29, 0.717) is 23.5 Å². The van der Waals surface area contributed by atoms with Crippen LogP contribution in [0.15, 0.2) is 35.4 Å². The third kappa shape index (κ3) is 2.26. The molecule has 10 heteroatoms. The van der Waals surface area contributed by atoms with E-state index in [1.807, 2.05) is 0 Å². The first-order valence-electron chi connectivity index (χ1n) is 7.72. The molecule has 0 atom stereocenters. The quantitative estimate of drug-likeness (QED) is 0.572. The molecule has 1 aromatic carbocycles. The highest BCUT2D eigenvalue weighted by Gasteiger charge is 2.18. The minimum Gasteiger partial charge on any atom is -0.336 e. The summed E-state index contributed by atoms with van der Waals surface area (Å²) in [6.07, 6.45) is 2.67. The molecule has 3 heterocycles. The third-order valence-corrected chi connectivity index (χ3v) is 3.93. The number of pyridine rings is 1. The standard InChI is InChI=1S/C16H12F2N6O2/c1-2-19-16(26)24-14-9(7-21-24)13-10(6-20-14)15(25)23(22-13)12-4-3-8(17)5-11(12)18/h3-7,22H,2H2,1H3,(H,19,26). The van der Waals surface area contributed by atoms with Gasteiger partial charge in [0, 0.05) is 18.8 Å². The number of H-pyrrole nitrogens is 1. The maximum Gasteiger partial charge on any atom is 0.344 e. The Bertz CT molecular complexity index is 1220. The molecule has 0 unspecified atom stereocenters. The number of aromatic amines is 1. The van der Waals surface area contributed by atoms with E-state index >= 15 is 0 Å². The highest BCUT2D eigenvalue weighted by atomic mass is 19.1. The molecule has 0 aliphatic rings. The summed E-state index contributed by atoms with van der Waals surface area (Å²) in [6.45, 7) is 2.18. The van der Waals surface area contributed by atoms with E-state index < -0.39 is 23.2 Å². The number of rotatable bonds is 2. The number of nitrogens with zero attached hydrogens (tertiary/aromatic N) is 4. The van der Waals surface area contributed by atoms with Crippen molar-refractivity contribution in [1.29, 1.82) is 0 Å². The Morgan fingerprint density at radius 3 is 2.81 bits per heavy atom. The fourth-order valence-electron chi connectivity index (χ4n) is 2.75. The molecular weight excluding hydrogens is 346 g/mol. The Hall–Kier alpha value is -3.56. The summed E-state index contributed by atoms with van der Waals surface area (Å²) in [6, 6.07) is 2.44. The largest absolute Gasteiger partial charge is 0.344 e. The summed E-state index contributed by atoms with van der Waals surface area (Å²) in [5, 5.41) is 9.99. The van der Waals surface area contributed by atoms with Gasteiger partial charge in [0.2, 0.25) is 0 Å². The van der Waals surface area contributed by atoms with Gasteiger partial charge < -0.3 is 5.32 Å². The molecule has 4 aromatic rings. The highest BCUT2D eigenvalue weighted by molar-refractivity contribution is 6.03. The van der Waals surface area contributed by atoms with Crippen molar-refractivity contribution >= 4 is 28.0 Å². The first-order valence-corrected chi connectivity index (χ1v) is 7.72. The van der Waals surface area contributed by atoms with Crippen LogP contribution in [0.2, 0.25) is 0 Å². The van der Waals surface area contributed by atoms with Gasteiger partial charge >= 0.3 is 6.03 Å². The molecule has 1 amide bonds. The molecule has 4 rings (SSSR count). The van der Waals surface area contributed by atoms with Crippen LogP contribution >= 0.6 is 0 Å². The molecule has 8 nitrogen and oxygen atoms in total. The predicted molar refractivity (Wildman–Crippen MR) is 89.4 cm³/mol. The van der Waals surface area contributed by atoms with Crippen LogP contribution in [0.25, 0.3) is 27.6 Å². The Morgan fingerprint density at radius 2 is 2.08 bits per heavy atom. The van der Waals surface area contributed by atoms with Crippen molar-refractivity contribution in [2.24, 2.45) is 0 Å². The second-order valence-electron chi connectivity index (χ2n) is 5.52. The molecule has 3 aromatic heterocycles. The molecule has 26 heavy (non-hydrogen) atoms. The van der Waals surface area contributed by atoms with Crippen LogP contribution in [0, 0.1) is 11.6 Å². The molecule has 0 saturated carbocycles. The number of carbonyl (C=O) groups excluding carboxylic acids is 1. The van der Waals surface area contributed by atoms with Crippen molar-refractivity contribution in [3.8, 4) is 5.69 Å². The molecule has 0 aliphatic carbocycles. The lowest BCUT2D eigenvalue weighted by atomic mass is 10.2. The molecule has 0 bridgehead atoms. The Balaban J connectivity index is 1.96. The monoisotopic (exact) mass is 358 g/mol. The molecule has 0 radical (unpaired) electrons. The summed E-state index contributed by atoms with van der Waals surface area (Å²) < 4.78 is 29.2. The predicted octanol–water partition coefficient (Wildman–Crippen LogP) is 1.92. The number of aromatic nitrogens is 5. The number of benzene rings is 1. The summed E-state index contributed by atoms with van der Waals surface area (Å²) in [4.78, 5) is 28.7. The molecule has 0 saturated heterocycles. The van der Waals surface area contributed by atoms with E-state index in [9.17, 15) is 18.4 Å². The van der Waals surface area contributed by atoms with E-state index in [1.54, 1.807) is 6.92 Å². The third-order valence-electron chi connectivity index (χ3n) is 3.93. The zero-order valence-corrected chi connectivity index (χ0v) is 13.5. The molecule has 132 valence electrons. The number of hydrogen-bond donors (Lipinski definition) is 2. The van der Waals surface area contributed by atoms with Crippen LogP contribution in [-0.4, -0.2) is 37.1 Å². The van der Waals surface area contributed by atoms with Gasteiger partial charge in [-0.3, -0.25) is 9.89 Å². The van der Waals surface area contributed by atoms with Crippen LogP contribution in [-0.2, 0) is 0 Å². The number of nitrogens with one attached hydrogen (secondary N) is 2. The fraction of sp³-hybridized carbons (Fsp3) is 0.125. The first-order chi connectivity index (χ1) is 12.5. The number of carbonyl (C=O) groups is 1. The maximum absolute atomic E-state index is 14.0. The second-order valence-corrected chi connectivity index (χ2v) is 5.52. The Kier molecular flexibility index (Phi) is 3.53. The van der Waals surface area contributed by atoms with Gasteiger partial charge in [-0.1, -0.05) is 0 Å². The van der Waals surface area contributed by atoms with Crippen molar-refractivity contribution in [2.75, 3.05) is 6.54 Å². The molecule has 0 aliphatic heterocycles. The van der Waals surface area contributed by atoms with Gasteiger partial charge in [-0.05, 0) is 19.1 Å². The fourth-order valence-corrected chi connectivity index (χ4v) is 2.75. The van der Waals surface area contributed by atoms with Crippen molar-refractivity contribution in [1.82, 2.24) is 29.9 Å². The van der Waals surface area contributed by atoms with Crippen LogP contribution in [0.5, 0.6) is 0 Å². The lowest BCUT2D eigenvalue weighted by molar-refractivity contribution is 0.241. The number of amides is 1. The van der Waals surface area contributed by atoms with Crippen LogP contribution in [0.4, 0.5) is 13.6 Å². The molecule has 2 N–H and O–H groups in total. The van der Waals surface area contributed by atoms with Crippen LogP contribution in [0.1, 0.15) is 6.92 Å². The molecular formula is C16H12F2N6O2. The highest BCUT2D eigenvalue weighted by Crippen LogP contribution is 2.21. The average molecular weight is 358 g/mol. The smallest absolute Gasteiger partial charge is 0.336 e. The van der Waals surface area contributed by atoms with Crippen molar-refractivity contribution in [3.05, 3.63) is 52.6 Å². The Labute approximate surface area is 144 Å². The second kappa shape index (κ2) is 5.76. The van der Waals surface area contributed by atoms with Crippen LogP contribution < -0.4 is 10.9 Å². The van der Waals surface area contributed by atoms with Gasteiger partial charge in [-0.25, -0.2) is 23.2 Å². The van der Waals surface area contributed by atoms with E-state index in [-0.39, 0.29) is 16.7 Å². The van der Waals surface area contributed by atoms with E-state index in [4.69, 9.17) is 0 Å². The van der Waals surface area contributed by atoms with Gasteiger partial charge in [-0.2, -0.15) is 9.78 Å². The summed E-state index contributed by atoms with van der Waals surface area (Å²) >= 11 is 0. The van der Waals surface area contributed by atoms with Gasteiger partial charge in [0.15, 0.2) is 11.5 Å². The number of hydrogen-bond acceptors (Lipinski definition) is 4. The topological polar surface area (TPSA) is 97.6 Å². The lowest BCUT2D eigenvalue weighted by Crippen LogP contribution is -2.29. The SMILES string of the molecule is CCNC(=O)n1ncc2c3[nH]n(-c4ccc(F)cc4F)c(=O)c3cnc21. The first kappa shape index (κ1) is 15.9. The van der Waals surface area contributed by atoms with Crippen LogP contribution in [0.3, 0.4) is 0 Å². The molecule has 0 fully saturated rings. The van der Waals surface area contributed by atoms with Crippen molar-refractivity contribution < 1.29 is 13.6 Å². The zero-order chi connectivity index (χ0) is 18.4. The van der Waals surface area contributed by atoms with Gasteiger partial charge in [0.1, 0.15) is 11.5 Å². The van der Waals surface area contributed by atoms with E-state index in [1.165, 1.54) is 12.4 Å². The minimum absolute atomic E-state index is 0.128. The van der Waals surface area contributed by atoms with Crippen molar-refractivity contribution in [2.45, 2.75) is 6.92 Å². The van der Waals surface area contributed by atoms with E-state index in [0.717, 1.165) is 21.5 Å². The normalized spacial score (nSPS) is 11.3. The Morgan fingerprint density at radius 1 is 1.27 bits per heavy atom. The molecule has 0 spiro atoms. The number of fused-ring (bicyclic) bond motifs is 3. The summed E-state index contributed by atoms with van der Waals surface area (Å²) in [5.41, 5.74) is -0.0850. The average Bonchev–Trinajstić information content (AvgIpc) is 3.17. The maximum atomic E-state index is 14.0. The lowest BCUT2D eigenvalue weighted by Gasteiger charge is -2.02. The van der Waals surface area contributed by atoms with Gasteiger partial charge in [-0.15, -0.1) is 0 Å². The van der Waals surface area contributed by atoms with Crippen molar-refractivity contribution in [3.63, 3.8) is 0 Å². The number of halogens is 2. The van der Waals surface area contributed by atoms with E-state index in [2.05, 4.69) is 20.5 Å².